The predicted octanol–water partition coefficient (Wildman–Crippen LogP) is 2.42. The third kappa shape index (κ3) is 2.41. The zero-order valence-corrected chi connectivity index (χ0v) is 10.1. The average Bonchev–Trinajstić information content (AvgIpc) is 2.39. The highest BCUT2D eigenvalue weighted by Crippen LogP contribution is 2.27. The molecular weight excluding hydrogens is 210 g/mol. The van der Waals surface area contributed by atoms with E-state index in [2.05, 4.69) is 29.3 Å². The van der Waals surface area contributed by atoms with Crippen molar-refractivity contribution in [3.8, 4) is 17.6 Å². The first-order valence-electron chi connectivity index (χ1n) is 5.56. The largest absolute Gasteiger partial charge is 0.496 e. The summed E-state index contributed by atoms with van der Waals surface area (Å²) in [5, 5.41) is 5.25. The Hall–Kier alpha value is -1.98. The molecule has 2 nitrogen and oxygen atoms in total. The van der Waals surface area contributed by atoms with Crippen molar-refractivity contribution >= 4 is 10.8 Å². The van der Waals surface area contributed by atoms with E-state index in [9.17, 15) is 0 Å². The molecular formula is C15H15NO. The smallest absolute Gasteiger partial charge is 0.126 e. The van der Waals surface area contributed by atoms with Gasteiger partial charge in [-0.2, -0.15) is 0 Å². The van der Waals surface area contributed by atoms with Crippen molar-refractivity contribution in [1.82, 2.24) is 5.32 Å². The van der Waals surface area contributed by atoms with Crippen LogP contribution in [-0.4, -0.2) is 20.7 Å². The lowest BCUT2D eigenvalue weighted by molar-refractivity contribution is 0.420. The zero-order valence-electron chi connectivity index (χ0n) is 10.1. The Morgan fingerprint density at radius 2 is 1.88 bits per heavy atom. The molecule has 0 aromatic heterocycles. The number of hydrogen-bond acceptors (Lipinski definition) is 2. The molecule has 86 valence electrons. The van der Waals surface area contributed by atoms with Crippen LogP contribution in [0.1, 0.15) is 5.56 Å². The lowest BCUT2D eigenvalue weighted by atomic mass is 10.0. The first kappa shape index (κ1) is 11.5. The Labute approximate surface area is 102 Å². The number of rotatable bonds is 2. The molecule has 0 spiro atoms. The zero-order chi connectivity index (χ0) is 12.1. The van der Waals surface area contributed by atoms with Crippen LogP contribution in [0.15, 0.2) is 36.4 Å². The van der Waals surface area contributed by atoms with Crippen LogP contribution in [0.3, 0.4) is 0 Å². The van der Waals surface area contributed by atoms with E-state index in [0.717, 1.165) is 22.1 Å². The van der Waals surface area contributed by atoms with E-state index in [0.29, 0.717) is 6.54 Å². The molecule has 0 saturated carbocycles. The molecule has 0 atom stereocenters. The molecule has 2 aromatic carbocycles. The van der Waals surface area contributed by atoms with E-state index in [1.165, 1.54) is 0 Å². The summed E-state index contributed by atoms with van der Waals surface area (Å²) in [5.74, 6) is 7.14. The maximum absolute atomic E-state index is 5.35. The standard InChI is InChI=1S/C15H15NO/c1-16-11-5-6-12-9-10-15(17-2)14-8-4-3-7-13(12)14/h3-4,7-10,16H,11H2,1-2H3. The van der Waals surface area contributed by atoms with Crippen molar-refractivity contribution in [1.29, 1.82) is 0 Å². The van der Waals surface area contributed by atoms with E-state index in [-0.39, 0.29) is 0 Å². The van der Waals surface area contributed by atoms with Gasteiger partial charge in [-0.1, -0.05) is 36.1 Å². The maximum atomic E-state index is 5.35. The van der Waals surface area contributed by atoms with Gasteiger partial charge in [-0.25, -0.2) is 0 Å². The van der Waals surface area contributed by atoms with E-state index in [1.54, 1.807) is 7.11 Å². The van der Waals surface area contributed by atoms with E-state index in [1.807, 2.05) is 31.3 Å². The van der Waals surface area contributed by atoms with Crippen LogP contribution in [0.25, 0.3) is 10.8 Å². The Bertz CT molecular complexity index is 578. The number of nitrogens with one attached hydrogen (secondary N) is 1. The quantitative estimate of drug-likeness (QED) is 0.792. The lowest BCUT2D eigenvalue weighted by Gasteiger charge is -2.06. The molecule has 2 aromatic rings. The molecule has 0 aliphatic carbocycles. The molecule has 2 rings (SSSR count). The third-order valence-corrected chi connectivity index (χ3v) is 2.59. The number of fused-ring (bicyclic) bond motifs is 1. The van der Waals surface area contributed by atoms with Gasteiger partial charge in [0.15, 0.2) is 0 Å². The Morgan fingerprint density at radius 1 is 1.12 bits per heavy atom. The highest BCUT2D eigenvalue weighted by molar-refractivity contribution is 5.93. The third-order valence-electron chi connectivity index (χ3n) is 2.59. The molecule has 17 heavy (non-hydrogen) atoms. The van der Waals surface area contributed by atoms with Crippen molar-refractivity contribution in [2.24, 2.45) is 0 Å². The number of methoxy groups -OCH3 is 1. The first-order chi connectivity index (χ1) is 8.36. The van der Waals surface area contributed by atoms with Gasteiger partial charge < -0.3 is 10.1 Å². The highest BCUT2D eigenvalue weighted by atomic mass is 16.5. The van der Waals surface area contributed by atoms with Crippen molar-refractivity contribution in [3.63, 3.8) is 0 Å². The average molecular weight is 225 g/mol. The molecule has 2 heteroatoms. The second-order valence-corrected chi connectivity index (χ2v) is 3.69. The summed E-state index contributed by atoms with van der Waals surface area (Å²) in [4.78, 5) is 0. The number of hydrogen-bond donors (Lipinski definition) is 1. The van der Waals surface area contributed by atoms with E-state index < -0.39 is 0 Å². The fourth-order valence-corrected chi connectivity index (χ4v) is 1.79. The summed E-state index contributed by atoms with van der Waals surface area (Å²) in [6.45, 7) is 0.695. The van der Waals surface area contributed by atoms with Gasteiger partial charge in [-0.05, 0) is 19.2 Å². The predicted molar refractivity (Wildman–Crippen MR) is 71.3 cm³/mol. The van der Waals surface area contributed by atoms with Crippen molar-refractivity contribution in [2.45, 2.75) is 0 Å². The summed E-state index contributed by atoms with van der Waals surface area (Å²) >= 11 is 0. The SMILES string of the molecule is CNCC#Cc1ccc(OC)c2ccccc12. The molecule has 0 heterocycles. The monoisotopic (exact) mass is 225 g/mol. The van der Waals surface area contributed by atoms with Gasteiger partial charge in [0.2, 0.25) is 0 Å². The second kappa shape index (κ2) is 5.38. The van der Waals surface area contributed by atoms with Gasteiger partial charge in [-0.3, -0.25) is 0 Å². The molecule has 0 aliphatic rings. The van der Waals surface area contributed by atoms with Gasteiger partial charge in [-0.15, -0.1) is 0 Å². The van der Waals surface area contributed by atoms with E-state index >= 15 is 0 Å². The fraction of sp³-hybridized carbons (Fsp3) is 0.200. The van der Waals surface area contributed by atoms with Crippen molar-refractivity contribution in [3.05, 3.63) is 42.0 Å². The van der Waals surface area contributed by atoms with Crippen LogP contribution in [0.5, 0.6) is 5.75 Å². The van der Waals surface area contributed by atoms with Gasteiger partial charge in [0, 0.05) is 16.3 Å². The lowest BCUT2D eigenvalue weighted by Crippen LogP contribution is -2.04. The second-order valence-electron chi connectivity index (χ2n) is 3.69. The van der Waals surface area contributed by atoms with E-state index in [4.69, 9.17) is 4.74 Å². The van der Waals surface area contributed by atoms with Crippen molar-refractivity contribution in [2.75, 3.05) is 20.7 Å². The summed E-state index contributed by atoms with van der Waals surface area (Å²) < 4.78 is 5.35. The molecule has 0 fully saturated rings. The summed E-state index contributed by atoms with van der Waals surface area (Å²) in [6.07, 6.45) is 0. The minimum atomic E-state index is 0.695. The normalized spacial score (nSPS) is 9.76. The molecule has 0 bridgehead atoms. The van der Waals surface area contributed by atoms with Gasteiger partial charge >= 0.3 is 0 Å². The molecule has 0 unspecified atom stereocenters. The Morgan fingerprint density at radius 3 is 2.59 bits per heavy atom. The summed E-state index contributed by atoms with van der Waals surface area (Å²) in [6, 6.07) is 12.1. The molecule has 0 radical (unpaired) electrons. The summed E-state index contributed by atoms with van der Waals surface area (Å²) in [5.41, 5.74) is 1.04. The van der Waals surface area contributed by atoms with Gasteiger partial charge in [0.1, 0.15) is 5.75 Å². The van der Waals surface area contributed by atoms with Crippen LogP contribution in [0, 0.1) is 11.8 Å². The van der Waals surface area contributed by atoms with Crippen LogP contribution >= 0.6 is 0 Å². The van der Waals surface area contributed by atoms with Gasteiger partial charge in [0.25, 0.3) is 0 Å². The minimum Gasteiger partial charge on any atom is -0.496 e. The Kier molecular flexibility index (Phi) is 3.64. The number of ether oxygens (including phenoxy) is 1. The number of benzene rings is 2. The molecule has 0 aliphatic heterocycles. The summed E-state index contributed by atoms with van der Waals surface area (Å²) in [7, 11) is 3.58. The molecule has 0 saturated heterocycles. The van der Waals surface area contributed by atoms with Crippen LogP contribution in [0.2, 0.25) is 0 Å². The molecule has 1 N–H and O–H groups in total. The molecule has 0 amide bonds. The fourth-order valence-electron chi connectivity index (χ4n) is 1.79. The van der Waals surface area contributed by atoms with Crippen molar-refractivity contribution < 1.29 is 4.74 Å². The van der Waals surface area contributed by atoms with Crippen LogP contribution in [0.4, 0.5) is 0 Å². The minimum absolute atomic E-state index is 0.695. The van der Waals surface area contributed by atoms with Gasteiger partial charge in [0.05, 0.1) is 13.7 Å². The maximum Gasteiger partial charge on any atom is 0.126 e. The topological polar surface area (TPSA) is 21.3 Å². The first-order valence-corrected chi connectivity index (χ1v) is 5.56. The highest BCUT2D eigenvalue weighted by Gasteiger charge is 2.03. The van der Waals surface area contributed by atoms with Crippen LogP contribution in [-0.2, 0) is 0 Å². The van der Waals surface area contributed by atoms with Crippen LogP contribution < -0.4 is 10.1 Å². The Balaban J connectivity index is 2.56.